The zero-order valence-electron chi connectivity index (χ0n) is 11.3. The van der Waals surface area contributed by atoms with Gasteiger partial charge in [-0.25, -0.2) is 4.39 Å². The Balaban J connectivity index is 3.35. The number of benzene rings is 1. The summed E-state index contributed by atoms with van der Waals surface area (Å²) in [5.41, 5.74) is -1.63. The van der Waals surface area contributed by atoms with E-state index in [1.54, 1.807) is 6.92 Å². The number of carboxylic acids is 1. The molecule has 108 valence electrons. The molecule has 0 bridgehead atoms. The molecule has 5 heteroatoms. The summed E-state index contributed by atoms with van der Waals surface area (Å²) < 4.78 is 17.9. The second-order valence-corrected chi connectivity index (χ2v) is 4.27. The lowest BCUT2D eigenvalue weighted by atomic mass is 9.76. The van der Waals surface area contributed by atoms with E-state index in [1.165, 1.54) is 18.2 Å². The maximum atomic E-state index is 13.0. The molecule has 1 aromatic carbocycles. The Bertz CT molecular complexity index is 495. The Kier molecular flexibility index (Phi) is 5.43. The Morgan fingerprint density at radius 2 is 2.00 bits per heavy atom. The molecular weight excluding hydrogens is 263 g/mol. The SMILES string of the molecule is C=CCCC(C(=O)O)(C(=O)OCC)c1ccc(F)cc1. The van der Waals surface area contributed by atoms with Crippen molar-refractivity contribution in [3.8, 4) is 0 Å². The van der Waals surface area contributed by atoms with Crippen molar-refractivity contribution in [2.24, 2.45) is 0 Å². The summed E-state index contributed by atoms with van der Waals surface area (Å²) in [4.78, 5) is 23.9. The molecule has 0 radical (unpaired) electrons. The zero-order chi connectivity index (χ0) is 15.2. The molecule has 1 rings (SSSR count). The summed E-state index contributed by atoms with van der Waals surface area (Å²) in [6.07, 6.45) is 1.86. The van der Waals surface area contributed by atoms with Crippen LogP contribution in [-0.2, 0) is 19.7 Å². The van der Waals surface area contributed by atoms with E-state index in [1.807, 2.05) is 0 Å². The number of ether oxygens (including phenoxy) is 1. The Hall–Kier alpha value is -2.17. The average molecular weight is 280 g/mol. The minimum absolute atomic E-state index is 0.0102. The molecule has 20 heavy (non-hydrogen) atoms. The van der Waals surface area contributed by atoms with Crippen molar-refractivity contribution >= 4 is 11.9 Å². The summed E-state index contributed by atoms with van der Waals surface area (Å²) in [5.74, 6) is -2.66. The fourth-order valence-corrected chi connectivity index (χ4v) is 1.99. The van der Waals surface area contributed by atoms with Gasteiger partial charge in [0, 0.05) is 0 Å². The van der Waals surface area contributed by atoms with Gasteiger partial charge >= 0.3 is 11.9 Å². The number of allylic oxidation sites excluding steroid dienone is 1. The normalized spacial score (nSPS) is 13.3. The molecule has 0 aliphatic rings. The Labute approximate surface area is 116 Å². The van der Waals surface area contributed by atoms with Crippen LogP contribution in [0, 0.1) is 5.82 Å². The van der Waals surface area contributed by atoms with Crippen LogP contribution in [0.15, 0.2) is 36.9 Å². The lowest BCUT2D eigenvalue weighted by Gasteiger charge is -2.27. The van der Waals surface area contributed by atoms with E-state index in [2.05, 4.69) is 6.58 Å². The molecule has 1 aromatic rings. The van der Waals surface area contributed by atoms with Gasteiger partial charge in [0.1, 0.15) is 5.82 Å². The second kappa shape index (κ2) is 6.84. The van der Waals surface area contributed by atoms with Crippen LogP contribution >= 0.6 is 0 Å². The van der Waals surface area contributed by atoms with E-state index in [0.29, 0.717) is 6.42 Å². The van der Waals surface area contributed by atoms with Crippen molar-refractivity contribution in [3.63, 3.8) is 0 Å². The van der Waals surface area contributed by atoms with Crippen molar-refractivity contribution in [2.75, 3.05) is 6.61 Å². The number of hydrogen-bond donors (Lipinski definition) is 1. The maximum absolute atomic E-state index is 13.0. The van der Waals surface area contributed by atoms with Gasteiger partial charge in [-0.15, -0.1) is 6.58 Å². The highest BCUT2D eigenvalue weighted by Crippen LogP contribution is 2.32. The molecule has 0 fully saturated rings. The average Bonchev–Trinajstić information content (AvgIpc) is 2.41. The van der Waals surface area contributed by atoms with Gasteiger partial charge in [0.15, 0.2) is 5.41 Å². The molecule has 0 aliphatic heterocycles. The zero-order valence-corrected chi connectivity index (χ0v) is 11.3. The molecule has 0 saturated heterocycles. The molecule has 0 heterocycles. The first-order chi connectivity index (χ1) is 9.48. The third-order valence-electron chi connectivity index (χ3n) is 3.05. The number of hydrogen-bond acceptors (Lipinski definition) is 3. The van der Waals surface area contributed by atoms with Gasteiger partial charge in [-0.3, -0.25) is 9.59 Å². The van der Waals surface area contributed by atoms with Crippen molar-refractivity contribution in [1.82, 2.24) is 0 Å². The summed E-state index contributed by atoms with van der Waals surface area (Å²) in [6.45, 7) is 5.20. The second-order valence-electron chi connectivity index (χ2n) is 4.27. The van der Waals surface area contributed by atoms with Gasteiger partial charge in [-0.1, -0.05) is 18.2 Å². The minimum atomic E-state index is -1.84. The molecule has 4 nitrogen and oxygen atoms in total. The summed E-state index contributed by atoms with van der Waals surface area (Å²) in [7, 11) is 0. The number of rotatable bonds is 7. The van der Waals surface area contributed by atoms with Crippen LogP contribution in [0.25, 0.3) is 0 Å². The lowest BCUT2D eigenvalue weighted by molar-refractivity contribution is -0.162. The Morgan fingerprint density at radius 3 is 2.45 bits per heavy atom. The van der Waals surface area contributed by atoms with Gasteiger partial charge in [0.25, 0.3) is 0 Å². The summed E-state index contributed by atoms with van der Waals surface area (Å²) in [6, 6.07) is 4.84. The number of halogens is 1. The molecule has 0 aromatic heterocycles. The fraction of sp³-hybridized carbons (Fsp3) is 0.333. The molecule has 0 amide bonds. The quantitative estimate of drug-likeness (QED) is 0.474. The first-order valence-corrected chi connectivity index (χ1v) is 6.26. The lowest BCUT2D eigenvalue weighted by Crippen LogP contribution is -2.45. The number of aliphatic carboxylic acids is 1. The predicted molar refractivity (Wildman–Crippen MR) is 71.8 cm³/mol. The van der Waals surface area contributed by atoms with Crippen molar-refractivity contribution in [3.05, 3.63) is 48.3 Å². The van der Waals surface area contributed by atoms with Gasteiger partial charge < -0.3 is 9.84 Å². The predicted octanol–water partition coefficient (Wildman–Crippen LogP) is 2.68. The number of esters is 1. The molecule has 1 atom stereocenters. The van der Waals surface area contributed by atoms with E-state index in [4.69, 9.17) is 4.74 Å². The molecule has 0 aliphatic carbocycles. The number of carboxylic acid groups (broad SMARTS) is 1. The molecule has 0 spiro atoms. The molecule has 0 saturated carbocycles. The highest BCUT2D eigenvalue weighted by Gasteiger charge is 2.48. The van der Waals surface area contributed by atoms with Gasteiger partial charge in [0.2, 0.25) is 0 Å². The molecular formula is C15H17FO4. The standard InChI is InChI=1S/C15H17FO4/c1-3-5-10-15(13(17)18,14(19)20-4-2)11-6-8-12(16)9-7-11/h3,6-9H,1,4-5,10H2,2H3,(H,17,18). The summed E-state index contributed by atoms with van der Waals surface area (Å²) in [5, 5.41) is 9.54. The minimum Gasteiger partial charge on any atom is -0.480 e. The van der Waals surface area contributed by atoms with E-state index < -0.39 is 23.2 Å². The number of carbonyl (C=O) groups is 2. The topological polar surface area (TPSA) is 63.6 Å². The highest BCUT2D eigenvalue weighted by atomic mass is 19.1. The van der Waals surface area contributed by atoms with E-state index >= 15 is 0 Å². The van der Waals surface area contributed by atoms with Gasteiger partial charge in [0.05, 0.1) is 6.61 Å². The van der Waals surface area contributed by atoms with Crippen molar-refractivity contribution in [2.45, 2.75) is 25.2 Å². The highest BCUT2D eigenvalue weighted by molar-refractivity contribution is 6.05. The number of carbonyl (C=O) groups excluding carboxylic acids is 1. The van der Waals surface area contributed by atoms with Crippen molar-refractivity contribution in [1.29, 1.82) is 0 Å². The van der Waals surface area contributed by atoms with Crippen molar-refractivity contribution < 1.29 is 23.8 Å². The van der Waals surface area contributed by atoms with Crippen LogP contribution in [0.3, 0.4) is 0 Å². The van der Waals surface area contributed by atoms with E-state index in [-0.39, 0.29) is 18.6 Å². The van der Waals surface area contributed by atoms with Gasteiger partial charge in [-0.2, -0.15) is 0 Å². The molecule has 1 N–H and O–H groups in total. The van der Waals surface area contributed by atoms with E-state index in [0.717, 1.165) is 12.1 Å². The first kappa shape index (κ1) is 15.9. The smallest absolute Gasteiger partial charge is 0.328 e. The van der Waals surface area contributed by atoms with E-state index in [9.17, 15) is 19.1 Å². The molecule has 1 unspecified atom stereocenters. The fourth-order valence-electron chi connectivity index (χ4n) is 1.99. The van der Waals surface area contributed by atoms with Crippen LogP contribution in [-0.4, -0.2) is 23.7 Å². The monoisotopic (exact) mass is 280 g/mol. The summed E-state index contributed by atoms with van der Waals surface area (Å²) >= 11 is 0. The third-order valence-corrected chi connectivity index (χ3v) is 3.05. The largest absolute Gasteiger partial charge is 0.480 e. The van der Waals surface area contributed by atoms with Crippen LogP contribution < -0.4 is 0 Å². The first-order valence-electron chi connectivity index (χ1n) is 6.26. The van der Waals surface area contributed by atoms with Gasteiger partial charge in [-0.05, 0) is 37.5 Å². The Morgan fingerprint density at radius 1 is 1.40 bits per heavy atom. The third kappa shape index (κ3) is 3.04. The van der Waals surface area contributed by atoms with Crippen LogP contribution in [0.4, 0.5) is 4.39 Å². The maximum Gasteiger partial charge on any atom is 0.328 e. The van der Waals surface area contributed by atoms with Crippen LogP contribution in [0.2, 0.25) is 0 Å². The van der Waals surface area contributed by atoms with Crippen LogP contribution in [0.1, 0.15) is 25.3 Å². The van der Waals surface area contributed by atoms with Crippen LogP contribution in [0.5, 0.6) is 0 Å².